The third-order valence-corrected chi connectivity index (χ3v) is 15.9. The molecule has 1 saturated carbocycles. The summed E-state index contributed by atoms with van der Waals surface area (Å²) < 4.78 is 7.48. The van der Waals surface area contributed by atoms with Gasteiger partial charge in [0.1, 0.15) is 11.8 Å². The molecule has 3 nitrogen and oxygen atoms in total. The molecule has 2 fully saturated rings. The number of hydrogen-bond acceptors (Lipinski definition) is 3. The van der Waals surface area contributed by atoms with Crippen LogP contribution in [0.4, 0.5) is 0 Å². The number of rotatable bonds is 1. The fourth-order valence-corrected chi connectivity index (χ4v) is 12.9. The van der Waals surface area contributed by atoms with E-state index in [1.807, 2.05) is 0 Å². The normalized spacial score (nSPS) is 31.8. The monoisotopic (exact) mass is 699 g/mol. The summed E-state index contributed by atoms with van der Waals surface area (Å²) in [6.07, 6.45) is 20.8. The Kier molecular flexibility index (Phi) is 7.58. The molecular weight excluding hydrogens is 631 g/mol. The number of allylic oxidation sites excluding steroid dienone is 7. The van der Waals surface area contributed by atoms with Crippen LogP contribution >= 0.6 is 0 Å². The minimum absolute atomic E-state index is 0.0615. The lowest BCUT2D eigenvalue weighted by Gasteiger charge is -2.57. The van der Waals surface area contributed by atoms with Crippen LogP contribution in [0.15, 0.2) is 75.6 Å². The first-order valence-electron chi connectivity index (χ1n) is 21.3. The van der Waals surface area contributed by atoms with Crippen LogP contribution in [-0.2, 0) is 5.41 Å². The van der Waals surface area contributed by atoms with Crippen LogP contribution < -0.4 is 4.74 Å². The number of fused-ring (bicyclic) bond motifs is 7. The Hall–Kier alpha value is -2.62. The van der Waals surface area contributed by atoms with Crippen LogP contribution in [0.1, 0.15) is 164 Å². The first kappa shape index (κ1) is 35.1. The van der Waals surface area contributed by atoms with Gasteiger partial charge in [0, 0.05) is 45.6 Å². The molecule has 52 heavy (non-hydrogen) atoms. The molecule has 4 aliphatic heterocycles. The zero-order chi connectivity index (χ0) is 36.9. The van der Waals surface area contributed by atoms with Gasteiger partial charge in [0.2, 0.25) is 0 Å². The lowest BCUT2D eigenvalue weighted by atomic mass is 9.29. The van der Waals surface area contributed by atoms with E-state index in [0.29, 0.717) is 22.8 Å². The Morgan fingerprint density at radius 2 is 1.62 bits per heavy atom. The van der Waals surface area contributed by atoms with Gasteiger partial charge in [-0.2, -0.15) is 0 Å². The second kappa shape index (κ2) is 11.2. The zero-order valence-electron chi connectivity index (χ0n) is 34.8. The highest BCUT2D eigenvalue weighted by Gasteiger charge is 2.68. The Balaban J connectivity index is 1.31. The lowest BCUT2D eigenvalue weighted by Crippen LogP contribution is -2.63. The molecule has 9 rings (SSSR count). The molecule has 4 aliphatic carbocycles. The molecule has 5 unspecified atom stereocenters. The second-order valence-electron chi connectivity index (χ2n) is 22.1. The molecule has 0 N–H and O–H groups in total. The van der Waals surface area contributed by atoms with Crippen molar-refractivity contribution < 1.29 is 4.74 Å². The van der Waals surface area contributed by atoms with Crippen LogP contribution in [0.25, 0.3) is 0 Å². The second-order valence-corrected chi connectivity index (χ2v) is 22.1. The first-order chi connectivity index (χ1) is 24.3. The standard InChI is InChI=1S/C48H67BN2O/c1-29-24-37-40-38(25-29)51-42-35(48(47(51,11)12)22-14-13-15-23-48)27-32(46(8,9)10)28-36(42)49(40)43-41(34-26-31(45(5,6)7)18-21-39(34)52-43)50(37)33-19-16-30(17-20-33)44(2,3)4/h18-19,21,24,26,28,30,35,38,41,43H,13-17,20,22-23,25,27H2,1-12H3. The van der Waals surface area contributed by atoms with E-state index < -0.39 is 0 Å². The molecule has 0 amide bonds. The van der Waals surface area contributed by atoms with E-state index in [1.54, 1.807) is 27.8 Å². The Morgan fingerprint density at radius 3 is 2.25 bits per heavy atom. The van der Waals surface area contributed by atoms with Gasteiger partial charge in [-0.05, 0) is 117 Å². The predicted octanol–water partition coefficient (Wildman–Crippen LogP) is 12.2. The maximum atomic E-state index is 7.48. The van der Waals surface area contributed by atoms with E-state index in [2.05, 4.69) is 129 Å². The van der Waals surface area contributed by atoms with Gasteiger partial charge in [0.25, 0.3) is 6.71 Å². The van der Waals surface area contributed by atoms with Gasteiger partial charge in [0.05, 0.1) is 6.04 Å². The number of ether oxygens (including phenoxy) is 1. The highest BCUT2D eigenvalue weighted by molar-refractivity contribution is 6.77. The van der Waals surface area contributed by atoms with Crippen molar-refractivity contribution in [3.63, 3.8) is 0 Å². The molecule has 1 aromatic rings. The van der Waals surface area contributed by atoms with Gasteiger partial charge < -0.3 is 14.5 Å². The van der Waals surface area contributed by atoms with Gasteiger partial charge in [-0.25, -0.2) is 0 Å². The van der Waals surface area contributed by atoms with Crippen molar-refractivity contribution in [1.82, 2.24) is 9.80 Å². The summed E-state index contributed by atoms with van der Waals surface area (Å²) >= 11 is 0. The number of nitrogens with zero attached hydrogens (tertiary/aromatic N) is 2. The highest BCUT2D eigenvalue weighted by Crippen LogP contribution is 2.69. The highest BCUT2D eigenvalue weighted by atomic mass is 16.5. The third-order valence-electron chi connectivity index (χ3n) is 15.9. The van der Waals surface area contributed by atoms with Crippen LogP contribution in [-0.4, -0.2) is 34.1 Å². The fourth-order valence-electron chi connectivity index (χ4n) is 12.9. The van der Waals surface area contributed by atoms with Crippen molar-refractivity contribution >= 4 is 6.71 Å². The Morgan fingerprint density at radius 1 is 0.885 bits per heavy atom. The summed E-state index contributed by atoms with van der Waals surface area (Å²) in [5, 5.41) is 0. The van der Waals surface area contributed by atoms with Crippen molar-refractivity contribution in [3.8, 4) is 5.75 Å². The maximum absolute atomic E-state index is 7.48. The largest absolute Gasteiger partial charge is 0.495 e. The molecule has 1 aromatic carbocycles. The summed E-state index contributed by atoms with van der Waals surface area (Å²) in [6, 6.07) is 7.84. The molecule has 0 radical (unpaired) electrons. The molecule has 1 saturated heterocycles. The summed E-state index contributed by atoms with van der Waals surface area (Å²) in [6.45, 7) is 29.9. The number of benzene rings is 1. The molecule has 8 aliphatic rings. The smallest absolute Gasteiger partial charge is 0.262 e. The van der Waals surface area contributed by atoms with E-state index in [1.165, 1.54) is 67.5 Å². The molecule has 4 heteroatoms. The first-order valence-corrected chi connectivity index (χ1v) is 21.3. The molecule has 4 heterocycles. The van der Waals surface area contributed by atoms with E-state index in [0.717, 1.165) is 30.9 Å². The van der Waals surface area contributed by atoms with Crippen molar-refractivity contribution in [1.29, 1.82) is 0 Å². The summed E-state index contributed by atoms with van der Waals surface area (Å²) in [5.74, 6) is 2.43. The summed E-state index contributed by atoms with van der Waals surface area (Å²) in [4.78, 5) is 5.93. The molecule has 0 bridgehead atoms. The third kappa shape index (κ3) is 4.82. The van der Waals surface area contributed by atoms with Crippen molar-refractivity contribution in [2.24, 2.45) is 28.1 Å². The molecule has 0 aromatic heterocycles. The minimum atomic E-state index is 0.0615. The van der Waals surface area contributed by atoms with Crippen LogP contribution in [0, 0.1) is 28.1 Å². The lowest BCUT2D eigenvalue weighted by molar-refractivity contribution is 0.00539. The Bertz CT molecular complexity index is 1860. The molecule has 278 valence electrons. The van der Waals surface area contributed by atoms with Gasteiger partial charge in [-0.15, -0.1) is 0 Å². The maximum Gasteiger partial charge on any atom is 0.262 e. The van der Waals surface area contributed by atoms with Crippen LogP contribution in [0.2, 0.25) is 0 Å². The van der Waals surface area contributed by atoms with E-state index in [9.17, 15) is 0 Å². The molecule has 1 spiro atoms. The average Bonchev–Trinajstić information content (AvgIpc) is 3.52. The van der Waals surface area contributed by atoms with E-state index in [-0.39, 0.29) is 35.1 Å². The van der Waals surface area contributed by atoms with Crippen molar-refractivity contribution in [2.45, 2.75) is 176 Å². The summed E-state index contributed by atoms with van der Waals surface area (Å²) in [5.41, 5.74) is 15.0. The van der Waals surface area contributed by atoms with Crippen molar-refractivity contribution in [3.05, 3.63) is 86.7 Å². The van der Waals surface area contributed by atoms with Crippen molar-refractivity contribution in [2.75, 3.05) is 0 Å². The van der Waals surface area contributed by atoms with Gasteiger partial charge in [-0.3, -0.25) is 0 Å². The zero-order valence-corrected chi connectivity index (χ0v) is 34.8. The summed E-state index contributed by atoms with van der Waals surface area (Å²) in [7, 11) is 0. The van der Waals surface area contributed by atoms with Gasteiger partial charge in [-0.1, -0.05) is 116 Å². The SMILES string of the molecule is CC1=CC2=C3B(C4=C5C(CC(C(C)(C)C)=C4)C4(CCCCC4)C(C)(C)N5C3C1)C1Oc3ccc(C(C)(C)C)cc3C1N2C1=CCC(C(C)(C)C)CC1. The quantitative estimate of drug-likeness (QED) is 0.272. The average molecular weight is 699 g/mol. The van der Waals surface area contributed by atoms with Gasteiger partial charge in [0.15, 0.2) is 0 Å². The van der Waals surface area contributed by atoms with Gasteiger partial charge >= 0.3 is 0 Å². The van der Waals surface area contributed by atoms with Crippen LogP contribution in [0.5, 0.6) is 5.75 Å². The minimum Gasteiger partial charge on any atom is -0.495 e. The van der Waals surface area contributed by atoms with Crippen LogP contribution in [0.3, 0.4) is 0 Å². The predicted molar refractivity (Wildman–Crippen MR) is 218 cm³/mol. The number of hydrogen-bond donors (Lipinski definition) is 0. The van der Waals surface area contributed by atoms with E-state index >= 15 is 0 Å². The van der Waals surface area contributed by atoms with E-state index in [4.69, 9.17) is 4.74 Å². The fraction of sp³-hybridized carbons (Fsp3) is 0.667. The molecule has 5 atom stereocenters. The Labute approximate surface area is 317 Å². The molecular formula is C48H67BN2O. The topological polar surface area (TPSA) is 15.7 Å².